The standard InChI is InChI=1S/C30H30N2O5S/c1-3-36-28-19-18-25(20-22(28)2)38(34,35)32-27(21-23-12-6-4-7-13-23)30(33)31-26-16-10-11-17-29(26)37-24-14-8-5-9-15-24/h4-20,27,32H,3,21H2,1-2H3,(H,31,33). The van der Waals surface area contributed by atoms with E-state index in [9.17, 15) is 13.2 Å². The predicted molar refractivity (Wildman–Crippen MR) is 148 cm³/mol. The minimum absolute atomic E-state index is 0.0529. The lowest BCUT2D eigenvalue weighted by molar-refractivity contribution is -0.117. The van der Waals surface area contributed by atoms with Crippen molar-refractivity contribution in [3.63, 3.8) is 0 Å². The summed E-state index contributed by atoms with van der Waals surface area (Å²) in [7, 11) is -4.03. The number of sulfonamides is 1. The Hall–Kier alpha value is -4.14. The first-order valence-electron chi connectivity index (χ1n) is 12.3. The van der Waals surface area contributed by atoms with E-state index >= 15 is 0 Å². The molecule has 7 nitrogen and oxygen atoms in total. The van der Waals surface area contributed by atoms with Gasteiger partial charge >= 0.3 is 0 Å². The van der Waals surface area contributed by atoms with Crippen molar-refractivity contribution in [3.8, 4) is 17.2 Å². The molecule has 4 aromatic rings. The Morgan fingerprint density at radius 3 is 2.18 bits per heavy atom. The third kappa shape index (κ3) is 7.00. The van der Waals surface area contributed by atoms with E-state index in [0.717, 1.165) is 5.56 Å². The molecule has 0 saturated carbocycles. The van der Waals surface area contributed by atoms with Gasteiger partial charge in [-0.15, -0.1) is 0 Å². The van der Waals surface area contributed by atoms with Gasteiger partial charge in [0.05, 0.1) is 17.2 Å². The zero-order valence-corrected chi connectivity index (χ0v) is 22.1. The number of aryl methyl sites for hydroxylation is 1. The molecule has 1 atom stereocenters. The van der Waals surface area contributed by atoms with Gasteiger partial charge in [-0.3, -0.25) is 4.79 Å². The molecule has 0 aromatic heterocycles. The van der Waals surface area contributed by atoms with Crippen molar-refractivity contribution in [2.24, 2.45) is 0 Å². The van der Waals surface area contributed by atoms with Gasteiger partial charge in [0, 0.05) is 0 Å². The summed E-state index contributed by atoms with van der Waals surface area (Å²) in [6.07, 6.45) is 0.156. The maximum atomic E-state index is 13.5. The van der Waals surface area contributed by atoms with Crippen LogP contribution < -0.4 is 19.5 Å². The molecule has 8 heteroatoms. The van der Waals surface area contributed by atoms with Crippen molar-refractivity contribution >= 4 is 21.6 Å². The highest BCUT2D eigenvalue weighted by Crippen LogP contribution is 2.29. The topological polar surface area (TPSA) is 93.7 Å². The summed E-state index contributed by atoms with van der Waals surface area (Å²) < 4.78 is 40.8. The van der Waals surface area contributed by atoms with Crippen LogP contribution >= 0.6 is 0 Å². The molecule has 0 aliphatic carbocycles. The number of carbonyl (C=O) groups is 1. The van der Waals surface area contributed by atoms with E-state index in [1.165, 1.54) is 12.1 Å². The smallest absolute Gasteiger partial charge is 0.243 e. The Labute approximate surface area is 223 Å². The lowest BCUT2D eigenvalue weighted by Gasteiger charge is -2.20. The molecule has 0 spiro atoms. The zero-order valence-electron chi connectivity index (χ0n) is 21.3. The quantitative estimate of drug-likeness (QED) is 0.259. The molecule has 1 amide bonds. The summed E-state index contributed by atoms with van der Waals surface area (Å²) in [5, 5.41) is 2.85. The third-order valence-corrected chi connectivity index (χ3v) is 7.24. The molecule has 0 aliphatic rings. The van der Waals surface area contributed by atoms with Crippen molar-refractivity contribution < 1.29 is 22.7 Å². The van der Waals surface area contributed by atoms with Crippen LogP contribution in [0.15, 0.2) is 108 Å². The minimum Gasteiger partial charge on any atom is -0.494 e. The van der Waals surface area contributed by atoms with Gasteiger partial charge in [-0.1, -0.05) is 60.7 Å². The number of hydrogen-bond donors (Lipinski definition) is 2. The molecule has 2 N–H and O–H groups in total. The molecular formula is C30H30N2O5S. The maximum Gasteiger partial charge on any atom is 0.243 e. The van der Waals surface area contributed by atoms with Gasteiger partial charge in [0.15, 0.2) is 5.75 Å². The summed E-state index contributed by atoms with van der Waals surface area (Å²) in [6.45, 7) is 4.11. The molecule has 196 valence electrons. The van der Waals surface area contributed by atoms with Gasteiger partial charge < -0.3 is 14.8 Å². The van der Waals surface area contributed by atoms with E-state index in [1.54, 1.807) is 37.3 Å². The maximum absolute atomic E-state index is 13.5. The van der Waals surface area contributed by atoms with Crippen molar-refractivity contribution in [3.05, 3.63) is 114 Å². The Morgan fingerprint density at radius 1 is 0.842 bits per heavy atom. The number of hydrogen-bond acceptors (Lipinski definition) is 5. The van der Waals surface area contributed by atoms with Crippen LogP contribution in [-0.4, -0.2) is 27.0 Å². The summed E-state index contributed by atoms with van der Waals surface area (Å²) in [4.78, 5) is 13.6. The second-order valence-electron chi connectivity index (χ2n) is 8.62. The second kappa shape index (κ2) is 12.4. The van der Waals surface area contributed by atoms with E-state index in [-0.39, 0.29) is 11.3 Å². The van der Waals surface area contributed by atoms with Crippen LogP contribution in [0.3, 0.4) is 0 Å². The third-order valence-electron chi connectivity index (χ3n) is 5.77. The number of carbonyl (C=O) groups excluding carboxylic acids is 1. The second-order valence-corrected chi connectivity index (χ2v) is 10.3. The number of amides is 1. The molecule has 4 rings (SSSR count). The highest BCUT2D eigenvalue weighted by atomic mass is 32.2. The number of anilines is 1. The van der Waals surface area contributed by atoms with E-state index in [2.05, 4.69) is 10.0 Å². The lowest BCUT2D eigenvalue weighted by Crippen LogP contribution is -2.45. The number of rotatable bonds is 11. The predicted octanol–water partition coefficient (Wildman–Crippen LogP) is 5.71. The molecule has 1 unspecified atom stereocenters. The van der Waals surface area contributed by atoms with E-state index in [4.69, 9.17) is 9.47 Å². The van der Waals surface area contributed by atoms with Crippen LogP contribution in [-0.2, 0) is 21.2 Å². The van der Waals surface area contributed by atoms with Gasteiger partial charge in [-0.05, 0) is 73.9 Å². The number of benzene rings is 4. The number of para-hydroxylation sites is 3. The molecule has 0 radical (unpaired) electrons. The number of ether oxygens (including phenoxy) is 2. The molecule has 0 aliphatic heterocycles. The van der Waals surface area contributed by atoms with E-state index < -0.39 is 22.0 Å². The van der Waals surface area contributed by atoms with Crippen LogP contribution in [0.25, 0.3) is 0 Å². The lowest BCUT2D eigenvalue weighted by atomic mass is 10.1. The summed E-state index contributed by atoms with van der Waals surface area (Å²) in [6, 6.07) is 29.0. The van der Waals surface area contributed by atoms with Gasteiger partial charge in [-0.25, -0.2) is 8.42 Å². The first-order valence-corrected chi connectivity index (χ1v) is 13.8. The van der Waals surface area contributed by atoms with Crippen LogP contribution in [0.1, 0.15) is 18.1 Å². The fourth-order valence-electron chi connectivity index (χ4n) is 3.89. The first kappa shape index (κ1) is 26.9. The van der Waals surface area contributed by atoms with E-state index in [1.807, 2.05) is 67.6 Å². The van der Waals surface area contributed by atoms with Crippen LogP contribution in [0.2, 0.25) is 0 Å². The Kier molecular flexibility index (Phi) is 8.78. The van der Waals surface area contributed by atoms with Crippen molar-refractivity contribution in [2.75, 3.05) is 11.9 Å². The normalized spacial score (nSPS) is 11.9. The summed E-state index contributed by atoms with van der Waals surface area (Å²) >= 11 is 0. The van der Waals surface area contributed by atoms with Crippen LogP contribution in [0.4, 0.5) is 5.69 Å². The van der Waals surface area contributed by atoms with Crippen LogP contribution in [0, 0.1) is 6.92 Å². The Balaban J connectivity index is 1.60. The average molecular weight is 531 g/mol. The molecule has 4 aromatic carbocycles. The molecule has 0 fully saturated rings. The van der Waals surface area contributed by atoms with E-state index in [0.29, 0.717) is 35.1 Å². The fraction of sp³-hybridized carbons (Fsp3) is 0.167. The van der Waals surface area contributed by atoms with Crippen molar-refractivity contribution in [1.82, 2.24) is 4.72 Å². The average Bonchev–Trinajstić information content (AvgIpc) is 2.91. The van der Waals surface area contributed by atoms with Gasteiger partial charge in [0.2, 0.25) is 15.9 Å². The highest BCUT2D eigenvalue weighted by molar-refractivity contribution is 7.89. The summed E-state index contributed by atoms with van der Waals surface area (Å²) in [5.74, 6) is 1.15. The van der Waals surface area contributed by atoms with Gasteiger partial charge in [-0.2, -0.15) is 4.72 Å². The first-order chi connectivity index (χ1) is 18.4. The van der Waals surface area contributed by atoms with Crippen molar-refractivity contribution in [2.45, 2.75) is 31.2 Å². The largest absolute Gasteiger partial charge is 0.494 e. The van der Waals surface area contributed by atoms with Crippen LogP contribution in [0.5, 0.6) is 17.2 Å². The molecular weight excluding hydrogens is 500 g/mol. The summed E-state index contributed by atoms with van der Waals surface area (Å²) in [5.41, 5.74) is 1.92. The zero-order chi connectivity index (χ0) is 27.0. The molecule has 0 bridgehead atoms. The Bertz CT molecular complexity index is 1480. The highest BCUT2D eigenvalue weighted by Gasteiger charge is 2.27. The molecule has 38 heavy (non-hydrogen) atoms. The SMILES string of the molecule is CCOc1ccc(S(=O)(=O)NC(Cc2ccccc2)C(=O)Nc2ccccc2Oc2ccccc2)cc1C. The molecule has 0 saturated heterocycles. The minimum atomic E-state index is -4.03. The Morgan fingerprint density at radius 2 is 1.50 bits per heavy atom. The van der Waals surface area contributed by atoms with Gasteiger partial charge in [0.1, 0.15) is 17.5 Å². The monoisotopic (exact) mass is 530 g/mol. The fourth-order valence-corrected chi connectivity index (χ4v) is 5.17. The molecule has 0 heterocycles. The van der Waals surface area contributed by atoms with Crippen molar-refractivity contribution in [1.29, 1.82) is 0 Å². The van der Waals surface area contributed by atoms with Gasteiger partial charge in [0.25, 0.3) is 0 Å². The number of nitrogens with one attached hydrogen (secondary N) is 2.